The minimum Gasteiger partial charge on any atom is -0.267 e. The number of hydrogen-bond acceptors (Lipinski definition) is 3. The third kappa shape index (κ3) is 2.14. The summed E-state index contributed by atoms with van der Waals surface area (Å²) in [6.07, 6.45) is 3.58. The SMILES string of the molecule is Cc1ccc(-c2cc(C)n[nH]c2=O)c(-n2cccn2)c1. The van der Waals surface area contributed by atoms with Crippen LogP contribution in [0.4, 0.5) is 0 Å². The van der Waals surface area contributed by atoms with Crippen LogP contribution in [0.3, 0.4) is 0 Å². The molecule has 3 aromatic rings. The monoisotopic (exact) mass is 266 g/mol. The molecule has 0 bridgehead atoms. The Balaban J connectivity index is 2.29. The van der Waals surface area contributed by atoms with E-state index in [4.69, 9.17) is 0 Å². The molecule has 0 aliphatic heterocycles. The van der Waals surface area contributed by atoms with Gasteiger partial charge >= 0.3 is 0 Å². The molecular formula is C15H14N4O. The summed E-state index contributed by atoms with van der Waals surface area (Å²) in [6.45, 7) is 3.86. The van der Waals surface area contributed by atoms with Gasteiger partial charge in [0.1, 0.15) is 0 Å². The summed E-state index contributed by atoms with van der Waals surface area (Å²) < 4.78 is 1.76. The summed E-state index contributed by atoms with van der Waals surface area (Å²) in [5.41, 5.74) is 4.00. The van der Waals surface area contributed by atoms with Crippen LogP contribution in [0.25, 0.3) is 16.8 Å². The molecule has 0 aliphatic rings. The van der Waals surface area contributed by atoms with Gasteiger partial charge in [0.25, 0.3) is 5.56 Å². The first-order chi connectivity index (χ1) is 9.65. The Morgan fingerprint density at radius 1 is 1.15 bits per heavy atom. The van der Waals surface area contributed by atoms with Gasteiger partial charge in [0.15, 0.2) is 0 Å². The third-order valence-corrected chi connectivity index (χ3v) is 3.13. The predicted octanol–water partition coefficient (Wildman–Crippen LogP) is 2.24. The van der Waals surface area contributed by atoms with E-state index in [0.717, 1.165) is 22.5 Å². The molecular weight excluding hydrogens is 252 g/mol. The summed E-state index contributed by atoms with van der Waals surface area (Å²) in [7, 11) is 0. The van der Waals surface area contributed by atoms with Crippen molar-refractivity contribution in [3.8, 4) is 16.8 Å². The van der Waals surface area contributed by atoms with Gasteiger partial charge in [-0.1, -0.05) is 12.1 Å². The van der Waals surface area contributed by atoms with E-state index in [-0.39, 0.29) is 5.56 Å². The molecule has 0 saturated heterocycles. The predicted molar refractivity (Wildman–Crippen MR) is 76.9 cm³/mol. The number of hydrogen-bond donors (Lipinski definition) is 1. The van der Waals surface area contributed by atoms with Crippen LogP contribution in [0, 0.1) is 13.8 Å². The number of benzene rings is 1. The van der Waals surface area contributed by atoms with E-state index < -0.39 is 0 Å². The molecule has 0 spiro atoms. The lowest BCUT2D eigenvalue weighted by atomic mass is 10.0. The fourth-order valence-electron chi connectivity index (χ4n) is 2.18. The highest BCUT2D eigenvalue weighted by Gasteiger charge is 2.11. The fourth-order valence-corrected chi connectivity index (χ4v) is 2.18. The molecule has 0 atom stereocenters. The lowest BCUT2D eigenvalue weighted by molar-refractivity contribution is 0.879. The number of aromatic amines is 1. The quantitative estimate of drug-likeness (QED) is 0.773. The number of nitrogens with zero attached hydrogens (tertiary/aromatic N) is 3. The first kappa shape index (κ1) is 12.3. The van der Waals surface area contributed by atoms with Gasteiger partial charge in [0.05, 0.1) is 16.9 Å². The van der Waals surface area contributed by atoms with E-state index in [1.54, 1.807) is 16.9 Å². The highest BCUT2D eigenvalue weighted by Crippen LogP contribution is 2.25. The Hall–Kier alpha value is -2.69. The lowest BCUT2D eigenvalue weighted by Crippen LogP contribution is -2.13. The molecule has 3 rings (SSSR count). The van der Waals surface area contributed by atoms with Crippen LogP contribution < -0.4 is 5.56 Å². The minimum atomic E-state index is -0.201. The van der Waals surface area contributed by atoms with Gasteiger partial charge in [0.2, 0.25) is 0 Å². The van der Waals surface area contributed by atoms with Crippen molar-refractivity contribution in [2.45, 2.75) is 13.8 Å². The van der Waals surface area contributed by atoms with Crippen molar-refractivity contribution < 1.29 is 0 Å². The van der Waals surface area contributed by atoms with Gasteiger partial charge in [-0.15, -0.1) is 0 Å². The third-order valence-electron chi connectivity index (χ3n) is 3.13. The van der Waals surface area contributed by atoms with E-state index in [2.05, 4.69) is 15.3 Å². The zero-order valence-corrected chi connectivity index (χ0v) is 11.3. The summed E-state index contributed by atoms with van der Waals surface area (Å²) in [6, 6.07) is 9.58. The molecule has 0 aliphatic carbocycles. The Morgan fingerprint density at radius 3 is 2.75 bits per heavy atom. The number of nitrogens with one attached hydrogen (secondary N) is 1. The van der Waals surface area contributed by atoms with E-state index in [1.165, 1.54) is 0 Å². The van der Waals surface area contributed by atoms with Crippen molar-refractivity contribution in [1.82, 2.24) is 20.0 Å². The molecule has 5 heteroatoms. The first-order valence-corrected chi connectivity index (χ1v) is 6.32. The Kier molecular flexibility index (Phi) is 2.95. The van der Waals surface area contributed by atoms with E-state index in [1.807, 2.05) is 44.3 Å². The lowest BCUT2D eigenvalue weighted by Gasteiger charge is -2.10. The summed E-state index contributed by atoms with van der Waals surface area (Å²) in [5.74, 6) is 0. The molecule has 1 N–H and O–H groups in total. The average Bonchev–Trinajstić information content (AvgIpc) is 2.96. The Labute approximate surface area is 115 Å². The largest absolute Gasteiger partial charge is 0.272 e. The number of H-pyrrole nitrogens is 1. The van der Waals surface area contributed by atoms with Crippen molar-refractivity contribution in [3.63, 3.8) is 0 Å². The Bertz CT molecular complexity index is 803. The maximum Gasteiger partial charge on any atom is 0.272 e. The molecule has 100 valence electrons. The van der Waals surface area contributed by atoms with Gasteiger partial charge in [-0.2, -0.15) is 10.2 Å². The second-order valence-electron chi connectivity index (χ2n) is 4.72. The van der Waals surface area contributed by atoms with Gasteiger partial charge in [-0.05, 0) is 37.6 Å². The molecule has 0 radical (unpaired) electrons. The van der Waals surface area contributed by atoms with Crippen LogP contribution in [0.5, 0.6) is 0 Å². The second-order valence-corrected chi connectivity index (χ2v) is 4.72. The molecule has 20 heavy (non-hydrogen) atoms. The normalized spacial score (nSPS) is 10.7. The van der Waals surface area contributed by atoms with Crippen LogP contribution >= 0.6 is 0 Å². The van der Waals surface area contributed by atoms with E-state index in [0.29, 0.717) is 5.56 Å². The maximum atomic E-state index is 12.0. The molecule has 2 aromatic heterocycles. The standard InChI is InChI=1S/C15H14N4O/c1-10-4-5-12(13-9-11(2)17-18-15(13)20)14(8-10)19-7-3-6-16-19/h3-9H,1-2H3,(H,18,20). The molecule has 0 saturated carbocycles. The second kappa shape index (κ2) is 4.77. The smallest absolute Gasteiger partial charge is 0.267 e. The highest BCUT2D eigenvalue weighted by atomic mass is 16.1. The number of rotatable bonds is 2. The zero-order chi connectivity index (χ0) is 14.1. The number of aryl methyl sites for hydroxylation is 2. The molecule has 5 nitrogen and oxygen atoms in total. The van der Waals surface area contributed by atoms with Gasteiger partial charge in [-0.25, -0.2) is 9.78 Å². The van der Waals surface area contributed by atoms with Crippen LogP contribution in [-0.4, -0.2) is 20.0 Å². The fraction of sp³-hybridized carbons (Fsp3) is 0.133. The molecule has 2 heterocycles. The summed E-state index contributed by atoms with van der Waals surface area (Å²) >= 11 is 0. The average molecular weight is 266 g/mol. The van der Waals surface area contributed by atoms with Gasteiger partial charge in [0, 0.05) is 18.0 Å². The zero-order valence-electron chi connectivity index (χ0n) is 11.3. The van der Waals surface area contributed by atoms with Crippen molar-refractivity contribution in [1.29, 1.82) is 0 Å². The van der Waals surface area contributed by atoms with Crippen molar-refractivity contribution >= 4 is 0 Å². The minimum absolute atomic E-state index is 0.201. The van der Waals surface area contributed by atoms with Gasteiger partial charge < -0.3 is 0 Å². The summed E-state index contributed by atoms with van der Waals surface area (Å²) in [5, 5.41) is 10.7. The van der Waals surface area contributed by atoms with Gasteiger partial charge in [-0.3, -0.25) is 4.79 Å². The molecule has 0 amide bonds. The maximum absolute atomic E-state index is 12.0. The van der Waals surface area contributed by atoms with E-state index >= 15 is 0 Å². The molecule has 1 aromatic carbocycles. The van der Waals surface area contributed by atoms with Crippen LogP contribution in [0.2, 0.25) is 0 Å². The molecule has 0 unspecified atom stereocenters. The van der Waals surface area contributed by atoms with Crippen molar-refractivity contribution in [2.75, 3.05) is 0 Å². The van der Waals surface area contributed by atoms with Crippen molar-refractivity contribution in [3.05, 3.63) is 64.3 Å². The van der Waals surface area contributed by atoms with Crippen LogP contribution in [0.15, 0.2) is 47.5 Å². The van der Waals surface area contributed by atoms with Crippen molar-refractivity contribution in [2.24, 2.45) is 0 Å². The van der Waals surface area contributed by atoms with Crippen LogP contribution in [-0.2, 0) is 0 Å². The number of aromatic nitrogens is 4. The topological polar surface area (TPSA) is 63.6 Å². The Morgan fingerprint density at radius 2 is 2.00 bits per heavy atom. The highest BCUT2D eigenvalue weighted by molar-refractivity contribution is 5.72. The molecule has 0 fully saturated rings. The van der Waals surface area contributed by atoms with E-state index in [9.17, 15) is 4.79 Å². The van der Waals surface area contributed by atoms with Crippen LogP contribution in [0.1, 0.15) is 11.3 Å². The summed E-state index contributed by atoms with van der Waals surface area (Å²) in [4.78, 5) is 12.0. The first-order valence-electron chi connectivity index (χ1n) is 6.32.